The van der Waals surface area contributed by atoms with E-state index in [1.807, 2.05) is 43.3 Å². The first-order valence-electron chi connectivity index (χ1n) is 9.12. The van der Waals surface area contributed by atoms with Crippen molar-refractivity contribution in [3.8, 4) is 0 Å². The number of hydrogen-bond donors (Lipinski definition) is 0. The third-order valence-corrected chi connectivity index (χ3v) is 4.18. The molecule has 146 valence electrons. The second-order valence-electron chi connectivity index (χ2n) is 6.25. The Morgan fingerprint density at radius 2 is 1.63 bits per heavy atom. The van der Waals surface area contributed by atoms with Gasteiger partial charge in [0, 0.05) is 11.8 Å². The van der Waals surface area contributed by atoms with E-state index in [1.54, 1.807) is 26.8 Å². The van der Waals surface area contributed by atoms with Gasteiger partial charge >= 0.3 is 11.9 Å². The highest BCUT2D eigenvalue weighted by Gasteiger charge is 2.28. The summed E-state index contributed by atoms with van der Waals surface area (Å²) in [7, 11) is 0. The molecule has 0 N–H and O–H groups in total. The zero-order chi connectivity index (χ0) is 20.2. The zero-order valence-corrected chi connectivity index (χ0v) is 16.3. The van der Waals surface area contributed by atoms with E-state index in [0.29, 0.717) is 12.8 Å². The second-order valence-corrected chi connectivity index (χ2v) is 6.25. The first-order chi connectivity index (χ1) is 12.9. The Hall–Kier alpha value is -2.76. The van der Waals surface area contributed by atoms with Gasteiger partial charge in [-0.15, -0.1) is 0 Å². The van der Waals surface area contributed by atoms with Gasteiger partial charge in [0.05, 0.1) is 0 Å². The number of carbonyl (C=O) groups excluding carboxylic acids is 3. The molecule has 0 amide bonds. The molecule has 0 aromatic heterocycles. The maximum Gasteiger partial charge on any atom is 0.382 e. The van der Waals surface area contributed by atoms with E-state index >= 15 is 0 Å². The van der Waals surface area contributed by atoms with Gasteiger partial charge < -0.3 is 9.57 Å². The van der Waals surface area contributed by atoms with Crippen molar-refractivity contribution in [2.24, 2.45) is 17.0 Å². The fraction of sp³-hybridized carbons (Fsp3) is 0.429. The molecule has 2 unspecified atom stereocenters. The minimum absolute atomic E-state index is 0.0177. The molecule has 0 spiro atoms. The SMILES string of the molecule is CCC(C)C(=O)C(=O)OC(=O)C(=NOC/C=C/c1ccccc1)C(C)CC. The number of rotatable bonds is 10. The molecule has 0 aliphatic heterocycles. The second kappa shape index (κ2) is 11.8. The van der Waals surface area contributed by atoms with Crippen molar-refractivity contribution in [1.82, 2.24) is 0 Å². The summed E-state index contributed by atoms with van der Waals surface area (Å²) in [6.45, 7) is 7.18. The van der Waals surface area contributed by atoms with Crippen LogP contribution in [0.25, 0.3) is 6.08 Å². The molecule has 2 atom stereocenters. The Kier molecular flexibility index (Phi) is 9.72. The van der Waals surface area contributed by atoms with Gasteiger partial charge in [0.15, 0.2) is 5.71 Å². The van der Waals surface area contributed by atoms with Crippen LogP contribution in [0, 0.1) is 11.8 Å². The number of nitrogens with zero attached hydrogens (tertiary/aromatic N) is 1. The van der Waals surface area contributed by atoms with Crippen LogP contribution < -0.4 is 0 Å². The molecule has 6 nitrogen and oxygen atoms in total. The summed E-state index contributed by atoms with van der Waals surface area (Å²) >= 11 is 0. The normalized spacial score (nSPS) is 13.9. The highest BCUT2D eigenvalue weighted by molar-refractivity contribution is 6.44. The van der Waals surface area contributed by atoms with Crippen LogP contribution in [0.15, 0.2) is 41.6 Å². The molecule has 1 aromatic rings. The third-order valence-electron chi connectivity index (χ3n) is 4.18. The highest BCUT2D eigenvalue weighted by Crippen LogP contribution is 2.09. The number of hydrogen-bond acceptors (Lipinski definition) is 6. The fourth-order valence-electron chi connectivity index (χ4n) is 1.99. The number of ketones is 1. The number of oxime groups is 1. The summed E-state index contributed by atoms with van der Waals surface area (Å²) in [5.74, 6) is -3.59. The summed E-state index contributed by atoms with van der Waals surface area (Å²) in [5, 5.41) is 3.83. The molecule has 1 aromatic carbocycles. The predicted molar refractivity (Wildman–Crippen MR) is 104 cm³/mol. The van der Waals surface area contributed by atoms with E-state index in [0.717, 1.165) is 5.56 Å². The summed E-state index contributed by atoms with van der Waals surface area (Å²) in [4.78, 5) is 41.0. The molecule has 0 radical (unpaired) electrons. The van der Waals surface area contributed by atoms with Gasteiger partial charge in [0.1, 0.15) is 6.61 Å². The largest absolute Gasteiger partial charge is 0.391 e. The topological polar surface area (TPSA) is 82.0 Å². The average Bonchev–Trinajstić information content (AvgIpc) is 2.69. The van der Waals surface area contributed by atoms with Gasteiger partial charge in [-0.3, -0.25) is 4.79 Å². The minimum Gasteiger partial charge on any atom is -0.391 e. The Balaban J connectivity index is 2.69. The minimum atomic E-state index is -1.16. The summed E-state index contributed by atoms with van der Waals surface area (Å²) in [6, 6.07) is 9.67. The van der Waals surface area contributed by atoms with Gasteiger partial charge in [-0.1, -0.05) is 69.3 Å². The summed E-state index contributed by atoms with van der Waals surface area (Å²) in [6.07, 6.45) is 4.72. The Morgan fingerprint density at radius 3 is 2.22 bits per heavy atom. The average molecular weight is 373 g/mol. The smallest absolute Gasteiger partial charge is 0.382 e. The van der Waals surface area contributed by atoms with E-state index in [-0.39, 0.29) is 18.2 Å². The van der Waals surface area contributed by atoms with Crippen molar-refractivity contribution >= 4 is 29.5 Å². The first kappa shape index (κ1) is 22.3. The first-order valence-corrected chi connectivity index (χ1v) is 9.12. The monoisotopic (exact) mass is 373 g/mol. The molecule has 1 rings (SSSR count). The van der Waals surface area contributed by atoms with Gasteiger partial charge in [-0.2, -0.15) is 0 Å². The molecular formula is C21H27NO5. The predicted octanol–water partition coefficient (Wildman–Crippen LogP) is 3.80. The molecule has 0 bridgehead atoms. The molecule has 0 aliphatic carbocycles. The summed E-state index contributed by atoms with van der Waals surface area (Å²) < 4.78 is 4.69. The van der Waals surface area contributed by atoms with Crippen molar-refractivity contribution in [1.29, 1.82) is 0 Å². The molecule has 0 aliphatic rings. The van der Waals surface area contributed by atoms with E-state index in [9.17, 15) is 14.4 Å². The van der Waals surface area contributed by atoms with Crippen LogP contribution in [0.2, 0.25) is 0 Å². The molecule has 0 fully saturated rings. The van der Waals surface area contributed by atoms with Crippen LogP contribution >= 0.6 is 0 Å². The van der Waals surface area contributed by atoms with Crippen LogP contribution in [-0.4, -0.2) is 30.0 Å². The van der Waals surface area contributed by atoms with E-state index in [1.165, 1.54) is 0 Å². The van der Waals surface area contributed by atoms with Crippen LogP contribution in [0.5, 0.6) is 0 Å². The number of Topliss-reactive ketones (excluding diaryl/α,β-unsaturated/α-hetero) is 1. The number of benzene rings is 1. The lowest BCUT2D eigenvalue weighted by molar-refractivity contribution is -0.162. The lowest BCUT2D eigenvalue weighted by Crippen LogP contribution is -2.32. The maximum absolute atomic E-state index is 12.2. The molecule has 0 heterocycles. The third kappa shape index (κ3) is 7.56. The van der Waals surface area contributed by atoms with Crippen LogP contribution in [0.4, 0.5) is 0 Å². The number of esters is 2. The quantitative estimate of drug-likeness (QED) is 0.156. The molecule has 27 heavy (non-hydrogen) atoms. The van der Waals surface area contributed by atoms with Crippen LogP contribution in [0.3, 0.4) is 0 Å². The Morgan fingerprint density at radius 1 is 1.00 bits per heavy atom. The standard InChI is InChI=1S/C21H27NO5/c1-5-15(3)18(20(24)27-21(25)19(23)16(4)6-2)22-26-14-10-13-17-11-8-7-9-12-17/h7-13,15-16H,5-6,14H2,1-4H3/b13-10+,22-18?. The molecular weight excluding hydrogens is 346 g/mol. The van der Waals surface area contributed by atoms with E-state index in [4.69, 9.17) is 9.57 Å². The van der Waals surface area contributed by atoms with Gasteiger partial charge in [0.2, 0.25) is 5.78 Å². The summed E-state index contributed by atoms with van der Waals surface area (Å²) in [5.41, 5.74) is 0.997. The molecule has 0 saturated carbocycles. The number of ether oxygens (including phenoxy) is 1. The van der Waals surface area contributed by atoms with Crippen molar-refractivity contribution in [2.75, 3.05) is 6.61 Å². The van der Waals surface area contributed by atoms with Crippen molar-refractivity contribution in [2.45, 2.75) is 40.5 Å². The lowest BCUT2D eigenvalue weighted by Gasteiger charge is -2.11. The van der Waals surface area contributed by atoms with E-state index < -0.39 is 23.6 Å². The van der Waals surface area contributed by atoms with Crippen LogP contribution in [-0.2, 0) is 24.0 Å². The van der Waals surface area contributed by atoms with Gasteiger partial charge in [-0.05, 0) is 24.5 Å². The Labute approximate surface area is 160 Å². The van der Waals surface area contributed by atoms with Crippen LogP contribution in [0.1, 0.15) is 46.1 Å². The maximum atomic E-state index is 12.2. The van der Waals surface area contributed by atoms with Crippen molar-refractivity contribution < 1.29 is 24.0 Å². The molecule has 0 saturated heterocycles. The highest BCUT2D eigenvalue weighted by atomic mass is 16.6. The van der Waals surface area contributed by atoms with Crippen molar-refractivity contribution in [3.05, 3.63) is 42.0 Å². The zero-order valence-electron chi connectivity index (χ0n) is 16.3. The lowest BCUT2D eigenvalue weighted by atomic mass is 10.0. The molecule has 6 heteroatoms. The number of carbonyl (C=O) groups is 3. The fourth-order valence-corrected chi connectivity index (χ4v) is 1.99. The van der Waals surface area contributed by atoms with Gasteiger partial charge in [0.25, 0.3) is 0 Å². The van der Waals surface area contributed by atoms with Crippen molar-refractivity contribution in [3.63, 3.8) is 0 Å². The van der Waals surface area contributed by atoms with Gasteiger partial charge in [-0.25, -0.2) is 9.59 Å². The van der Waals surface area contributed by atoms with E-state index in [2.05, 4.69) is 5.16 Å². The Bertz CT molecular complexity index is 694.